The number of hydrogen-bond donors (Lipinski definition) is 1. The second-order valence-electron chi connectivity index (χ2n) is 7.13. The van der Waals surface area contributed by atoms with E-state index < -0.39 is 11.7 Å². The van der Waals surface area contributed by atoms with Gasteiger partial charge in [-0.3, -0.25) is 4.79 Å². The highest BCUT2D eigenvalue weighted by Gasteiger charge is 2.15. The van der Waals surface area contributed by atoms with Gasteiger partial charge in [-0.15, -0.1) is 0 Å². The van der Waals surface area contributed by atoms with E-state index in [1.54, 1.807) is 0 Å². The Hall–Kier alpha value is -1.30. The van der Waals surface area contributed by atoms with Crippen molar-refractivity contribution in [2.24, 2.45) is 0 Å². The van der Waals surface area contributed by atoms with Crippen molar-refractivity contribution in [3.05, 3.63) is 0 Å². The summed E-state index contributed by atoms with van der Waals surface area (Å²) in [5, 5.41) is 2.60. The van der Waals surface area contributed by atoms with E-state index in [1.807, 2.05) is 20.8 Å². The molecule has 0 aromatic heterocycles. The zero-order valence-corrected chi connectivity index (χ0v) is 16.5. The van der Waals surface area contributed by atoms with Gasteiger partial charge in [0.15, 0.2) is 0 Å². The molecule has 0 fully saturated rings. The second-order valence-corrected chi connectivity index (χ2v) is 7.13. The van der Waals surface area contributed by atoms with Crippen molar-refractivity contribution in [1.82, 2.24) is 5.32 Å². The third-order valence-corrected chi connectivity index (χ3v) is 3.39. The first-order chi connectivity index (χ1) is 11.8. The molecule has 0 aromatic rings. The summed E-state index contributed by atoms with van der Waals surface area (Å²) in [6.07, 6.45) is 8.31. The normalized spacial score (nSPS) is 11.2. The number of unbranched alkanes of at least 4 members (excludes halogenated alkanes) is 6. The van der Waals surface area contributed by atoms with Gasteiger partial charge in [-0.25, -0.2) is 4.79 Å². The molecule has 1 N–H and O–H groups in total. The van der Waals surface area contributed by atoms with Gasteiger partial charge in [-0.1, -0.05) is 45.4 Å². The lowest BCUT2D eigenvalue weighted by Gasteiger charge is -2.19. The minimum absolute atomic E-state index is 0.163. The van der Waals surface area contributed by atoms with Crippen LogP contribution in [0, 0.1) is 0 Å². The van der Waals surface area contributed by atoms with Crippen LogP contribution in [0.15, 0.2) is 0 Å². The lowest BCUT2D eigenvalue weighted by atomic mass is 10.1. The number of carbonyl (C=O) groups is 2. The van der Waals surface area contributed by atoms with E-state index in [4.69, 9.17) is 14.2 Å². The fraction of sp³-hybridized carbons (Fsp3) is 0.895. The highest BCUT2D eigenvalue weighted by atomic mass is 16.6. The number of rotatable bonds is 14. The Labute approximate surface area is 153 Å². The molecular weight excluding hydrogens is 322 g/mol. The predicted molar refractivity (Wildman–Crippen MR) is 98.6 cm³/mol. The molecule has 0 radical (unpaired) electrons. The molecule has 0 atom stereocenters. The van der Waals surface area contributed by atoms with Crippen LogP contribution in [-0.2, 0) is 19.0 Å². The van der Waals surface area contributed by atoms with Crippen molar-refractivity contribution < 1.29 is 23.8 Å². The number of carbonyl (C=O) groups excluding carboxylic acids is 2. The Balaban J connectivity index is 3.33. The maximum atomic E-state index is 11.5. The Morgan fingerprint density at radius 3 is 2.16 bits per heavy atom. The van der Waals surface area contributed by atoms with Crippen LogP contribution in [0.3, 0.4) is 0 Å². The topological polar surface area (TPSA) is 73.9 Å². The second kappa shape index (κ2) is 15.0. The SMILES string of the molecule is CCCCCCCCCC(=O)OCCOCCNC(=O)OC(C)(C)C. The van der Waals surface area contributed by atoms with Gasteiger partial charge in [0.05, 0.1) is 13.2 Å². The molecule has 6 heteroatoms. The van der Waals surface area contributed by atoms with Crippen LogP contribution >= 0.6 is 0 Å². The molecule has 0 saturated heterocycles. The van der Waals surface area contributed by atoms with E-state index in [9.17, 15) is 9.59 Å². The fourth-order valence-corrected chi connectivity index (χ4v) is 2.15. The van der Waals surface area contributed by atoms with Crippen LogP contribution in [0.25, 0.3) is 0 Å². The van der Waals surface area contributed by atoms with Gasteiger partial charge in [0.25, 0.3) is 0 Å². The Kier molecular flexibility index (Phi) is 14.2. The molecule has 0 unspecified atom stereocenters. The maximum absolute atomic E-state index is 11.5. The Morgan fingerprint density at radius 2 is 1.52 bits per heavy atom. The van der Waals surface area contributed by atoms with Crippen molar-refractivity contribution in [1.29, 1.82) is 0 Å². The zero-order valence-electron chi connectivity index (χ0n) is 16.5. The highest BCUT2D eigenvalue weighted by molar-refractivity contribution is 5.69. The first-order valence-corrected chi connectivity index (χ1v) is 9.55. The quantitative estimate of drug-likeness (QED) is 0.371. The zero-order chi connectivity index (χ0) is 19.0. The maximum Gasteiger partial charge on any atom is 0.407 e. The van der Waals surface area contributed by atoms with E-state index >= 15 is 0 Å². The van der Waals surface area contributed by atoms with Gasteiger partial charge in [-0.2, -0.15) is 0 Å². The molecule has 0 aliphatic carbocycles. The molecule has 6 nitrogen and oxygen atoms in total. The van der Waals surface area contributed by atoms with Crippen molar-refractivity contribution in [3.8, 4) is 0 Å². The fourth-order valence-electron chi connectivity index (χ4n) is 2.15. The minimum atomic E-state index is -0.505. The molecular formula is C19H37NO5. The van der Waals surface area contributed by atoms with Crippen LogP contribution in [0.5, 0.6) is 0 Å². The number of esters is 1. The van der Waals surface area contributed by atoms with Gasteiger partial charge in [0, 0.05) is 13.0 Å². The van der Waals surface area contributed by atoms with Gasteiger partial charge >= 0.3 is 12.1 Å². The van der Waals surface area contributed by atoms with Gasteiger partial charge in [-0.05, 0) is 27.2 Å². The summed E-state index contributed by atoms with van der Waals surface area (Å²) in [7, 11) is 0. The Bertz CT molecular complexity index is 352. The van der Waals surface area contributed by atoms with E-state index in [1.165, 1.54) is 32.1 Å². The lowest BCUT2D eigenvalue weighted by molar-refractivity contribution is -0.145. The summed E-state index contributed by atoms with van der Waals surface area (Å²) in [5.74, 6) is -0.163. The third-order valence-electron chi connectivity index (χ3n) is 3.39. The molecule has 148 valence electrons. The average molecular weight is 360 g/mol. The van der Waals surface area contributed by atoms with E-state index in [0.29, 0.717) is 26.2 Å². The van der Waals surface area contributed by atoms with Crippen LogP contribution in [0.2, 0.25) is 0 Å². The molecule has 25 heavy (non-hydrogen) atoms. The van der Waals surface area contributed by atoms with Crippen molar-refractivity contribution in [2.75, 3.05) is 26.4 Å². The molecule has 0 aliphatic rings. The minimum Gasteiger partial charge on any atom is -0.463 e. The van der Waals surface area contributed by atoms with Crippen molar-refractivity contribution in [3.63, 3.8) is 0 Å². The molecule has 1 amide bonds. The Morgan fingerprint density at radius 1 is 0.880 bits per heavy atom. The number of ether oxygens (including phenoxy) is 3. The largest absolute Gasteiger partial charge is 0.463 e. The third kappa shape index (κ3) is 18.9. The summed E-state index contributed by atoms with van der Waals surface area (Å²) >= 11 is 0. The molecule has 0 bridgehead atoms. The predicted octanol–water partition coefficient (Wildman–Crippen LogP) is 4.21. The van der Waals surface area contributed by atoms with Crippen molar-refractivity contribution in [2.45, 2.75) is 84.7 Å². The lowest BCUT2D eigenvalue weighted by Crippen LogP contribution is -2.34. The van der Waals surface area contributed by atoms with Gasteiger partial charge < -0.3 is 19.5 Å². The summed E-state index contributed by atoms with van der Waals surface area (Å²) in [6.45, 7) is 8.94. The molecule has 0 aromatic carbocycles. The van der Waals surface area contributed by atoms with Gasteiger partial charge in [0.2, 0.25) is 0 Å². The van der Waals surface area contributed by atoms with Crippen LogP contribution in [-0.4, -0.2) is 44.0 Å². The number of alkyl carbamates (subject to hydrolysis) is 1. The molecule has 0 saturated carbocycles. The number of hydrogen-bond acceptors (Lipinski definition) is 5. The highest BCUT2D eigenvalue weighted by Crippen LogP contribution is 2.08. The van der Waals surface area contributed by atoms with Crippen LogP contribution < -0.4 is 5.32 Å². The number of nitrogens with one attached hydrogen (secondary N) is 1. The first-order valence-electron chi connectivity index (χ1n) is 9.55. The summed E-state index contributed by atoms with van der Waals surface area (Å²) in [4.78, 5) is 22.9. The monoisotopic (exact) mass is 359 g/mol. The summed E-state index contributed by atoms with van der Waals surface area (Å²) in [5.41, 5.74) is -0.505. The first kappa shape index (κ1) is 23.7. The molecule has 0 aliphatic heterocycles. The van der Waals surface area contributed by atoms with Crippen molar-refractivity contribution >= 4 is 12.1 Å². The van der Waals surface area contributed by atoms with E-state index in [0.717, 1.165) is 12.8 Å². The smallest absolute Gasteiger partial charge is 0.407 e. The van der Waals surface area contributed by atoms with Crippen LogP contribution in [0.4, 0.5) is 4.79 Å². The van der Waals surface area contributed by atoms with Crippen LogP contribution in [0.1, 0.15) is 79.1 Å². The average Bonchev–Trinajstić information content (AvgIpc) is 2.51. The van der Waals surface area contributed by atoms with E-state index in [2.05, 4.69) is 12.2 Å². The van der Waals surface area contributed by atoms with Gasteiger partial charge in [0.1, 0.15) is 12.2 Å². The summed E-state index contributed by atoms with van der Waals surface area (Å²) in [6, 6.07) is 0. The number of amides is 1. The molecule has 0 rings (SSSR count). The summed E-state index contributed by atoms with van der Waals surface area (Å²) < 4.78 is 15.5. The van der Waals surface area contributed by atoms with E-state index in [-0.39, 0.29) is 12.6 Å². The molecule has 0 spiro atoms. The standard InChI is InChI=1S/C19H37NO5/c1-5-6-7-8-9-10-11-12-17(21)24-16-15-23-14-13-20-18(22)25-19(2,3)4/h5-16H2,1-4H3,(H,20,22). The molecule has 0 heterocycles.